The number of urea groups is 1. The average molecular weight is 286 g/mol. The second-order valence-electron chi connectivity index (χ2n) is 4.36. The van der Waals surface area contributed by atoms with E-state index in [-0.39, 0.29) is 19.3 Å². The van der Waals surface area contributed by atoms with Gasteiger partial charge in [0, 0.05) is 19.5 Å². The molecule has 0 heterocycles. The molecule has 0 aliphatic rings. The van der Waals surface area contributed by atoms with Crippen molar-refractivity contribution in [1.29, 1.82) is 0 Å². The number of amides is 2. The molecule has 20 heavy (non-hydrogen) atoms. The van der Waals surface area contributed by atoms with Crippen LogP contribution < -0.4 is 5.32 Å². The predicted molar refractivity (Wildman–Crippen MR) is 73.5 cm³/mol. The van der Waals surface area contributed by atoms with Gasteiger partial charge in [-0.05, 0) is 19.3 Å². The summed E-state index contributed by atoms with van der Waals surface area (Å²) in [7, 11) is 0. The molecule has 0 fully saturated rings. The number of nitrogens with one attached hydrogen (secondary N) is 1. The smallest absolute Gasteiger partial charge is 0.326 e. The van der Waals surface area contributed by atoms with Gasteiger partial charge in [0.05, 0.1) is 0 Å². The number of hydrogen-bond acceptors (Lipinski definition) is 3. The van der Waals surface area contributed by atoms with E-state index in [9.17, 15) is 14.4 Å². The average Bonchev–Trinajstić information content (AvgIpc) is 2.36. The highest BCUT2D eigenvalue weighted by Crippen LogP contribution is 2.03. The second-order valence-corrected chi connectivity index (χ2v) is 4.36. The van der Waals surface area contributed by atoms with Crippen LogP contribution in [0.5, 0.6) is 0 Å². The number of aliphatic carboxylic acids is 2. The third-order valence-corrected chi connectivity index (χ3v) is 2.61. The molecule has 2 amide bonds. The molecule has 0 saturated heterocycles. The fourth-order valence-corrected chi connectivity index (χ4v) is 1.66. The number of rotatable bonds is 10. The molecule has 0 aromatic carbocycles. The van der Waals surface area contributed by atoms with Crippen molar-refractivity contribution in [2.24, 2.45) is 0 Å². The summed E-state index contributed by atoms with van der Waals surface area (Å²) in [5, 5.41) is 20.0. The first-order valence-electron chi connectivity index (χ1n) is 6.53. The van der Waals surface area contributed by atoms with Gasteiger partial charge in [0.2, 0.25) is 0 Å². The van der Waals surface area contributed by atoms with E-state index in [0.717, 1.165) is 6.42 Å². The number of carbonyl (C=O) groups is 3. The Kier molecular flexibility index (Phi) is 8.82. The predicted octanol–water partition coefficient (Wildman–Crippen LogP) is 1.30. The minimum Gasteiger partial charge on any atom is -0.481 e. The van der Waals surface area contributed by atoms with Gasteiger partial charge in [0.25, 0.3) is 0 Å². The van der Waals surface area contributed by atoms with Crippen LogP contribution in [-0.2, 0) is 9.59 Å². The molecule has 0 saturated carbocycles. The van der Waals surface area contributed by atoms with Crippen molar-refractivity contribution in [3.05, 3.63) is 12.7 Å². The van der Waals surface area contributed by atoms with E-state index >= 15 is 0 Å². The third-order valence-electron chi connectivity index (χ3n) is 2.61. The van der Waals surface area contributed by atoms with Gasteiger partial charge < -0.3 is 20.4 Å². The molecule has 0 radical (unpaired) electrons. The summed E-state index contributed by atoms with van der Waals surface area (Å²) in [4.78, 5) is 34.8. The summed E-state index contributed by atoms with van der Waals surface area (Å²) in [6, 6.07) is -1.56. The van der Waals surface area contributed by atoms with Gasteiger partial charge in [-0.3, -0.25) is 4.79 Å². The minimum atomic E-state index is -1.17. The summed E-state index contributed by atoms with van der Waals surface area (Å²) in [6.07, 6.45) is 2.47. The lowest BCUT2D eigenvalue weighted by Gasteiger charge is -2.23. The van der Waals surface area contributed by atoms with Crippen molar-refractivity contribution in [1.82, 2.24) is 10.2 Å². The van der Waals surface area contributed by atoms with Gasteiger partial charge in [0.1, 0.15) is 6.04 Å². The molecule has 0 aromatic heterocycles. The zero-order valence-corrected chi connectivity index (χ0v) is 11.7. The van der Waals surface area contributed by atoms with Crippen LogP contribution in [0.3, 0.4) is 0 Å². The molecule has 1 atom stereocenters. The fraction of sp³-hybridized carbons (Fsp3) is 0.615. The summed E-state index contributed by atoms with van der Waals surface area (Å²) < 4.78 is 0. The summed E-state index contributed by atoms with van der Waals surface area (Å²) in [5.41, 5.74) is 0. The van der Waals surface area contributed by atoms with Gasteiger partial charge >= 0.3 is 18.0 Å². The Morgan fingerprint density at radius 1 is 1.35 bits per heavy atom. The highest BCUT2D eigenvalue weighted by molar-refractivity contribution is 5.82. The topological polar surface area (TPSA) is 107 Å². The largest absolute Gasteiger partial charge is 0.481 e. The Labute approximate surface area is 118 Å². The fourth-order valence-electron chi connectivity index (χ4n) is 1.66. The van der Waals surface area contributed by atoms with Crippen molar-refractivity contribution in [2.75, 3.05) is 13.1 Å². The van der Waals surface area contributed by atoms with Crippen molar-refractivity contribution < 1.29 is 24.6 Å². The third kappa shape index (κ3) is 7.40. The van der Waals surface area contributed by atoms with Crippen LogP contribution in [0, 0.1) is 0 Å². The monoisotopic (exact) mass is 286 g/mol. The van der Waals surface area contributed by atoms with E-state index < -0.39 is 24.0 Å². The number of carbonyl (C=O) groups excluding carboxylic acids is 1. The summed E-state index contributed by atoms with van der Waals surface area (Å²) in [6.45, 7) is 6.29. The molecule has 0 rings (SSSR count). The molecule has 114 valence electrons. The maximum absolute atomic E-state index is 11.9. The maximum atomic E-state index is 11.9. The Morgan fingerprint density at radius 2 is 2.00 bits per heavy atom. The Hall–Kier alpha value is -2.05. The lowest BCUT2D eigenvalue weighted by molar-refractivity contribution is -0.140. The molecule has 0 aliphatic carbocycles. The Bertz CT molecular complexity index is 357. The number of carboxylic acids is 2. The van der Waals surface area contributed by atoms with E-state index in [1.165, 1.54) is 4.90 Å². The molecular weight excluding hydrogens is 264 g/mol. The highest BCUT2D eigenvalue weighted by Gasteiger charge is 2.22. The Morgan fingerprint density at radius 3 is 2.45 bits per heavy atom. The Balaban J connectivity index is 4.47. The minimum absolute atomic E-state index is 0.0847. The van der Waals surface area contributed by atoms with Gasteiger partial charge in [0.15, 0.2) is 0 Å². The number of hydrogen-bond donors (Lipinski definition) is 3. The molecule has 0 aromatic rings. The molecule has 3 N–H and O–H groups in total. The zero-order valence-electron chi connectivity index (χ0n) is 11.7. The SMILES string of the molecule is C=CCN(CCC)C(=O)N[C@H](CCCC(=O)O)C(=O)O. The van der Waals surface area contributed by atoms with Crippen LogP contribution in [0.4, 0.5) is 4.79 Å². The summed E-state index contributed by atoms with van der Waals surface area (Å²) >= 11 is 0. The number of nitrogens with zero attached hydrogens (tertiary/aromatic N) is 1. The van der Waals surface area contributed by atoms with Crippen LogP contribution in [0.2, 0.25) is 0 Å². The first-order chi connectivity index (χ1) is 9.42. The van der Waals surface area contributed by atoms with E-state index in [0.29, 0.717) is 13.1 Å². The van der Waals surface area contributed by atoms with E-state index in [2.05, 4.69) is 11.9 Å². The van der Waals surface area contributed by atoms with Crippen LogP contribution >= 0.6 is 0 Å². The van der Waals surface area contributed by atoms with Gasteiger partial charge in [-0.25, -0.2) is 9.59 Å². The maximum Gasteiger partial charge on any atom is 0.326 e. The summed E-state index contributed by atoms with van der Waals surface area (Å²) in [5.74, 6) is -2.15. The van der Waals surface area contributed by atoms with Gasteiger partial charge in [-0.15, -0.1) is 6.58 Å². The van der Waals surface area contributed by atoms with Gasteiger partial charge in [-0.2, -0.15) is 0 Å². The van der Waals surface area contributed by atoms with Gasteiger partial charge in [-0.1, -0.05) is 13.0 Å². The second kappa shape index (κ2) is 9.82. The van der Waals surface area contributed by atoms with Crippen LogP contribution in [0.15, 0.2) is 12.7 Å². The van der Waals surface area contributed by atoms with E-state index in [4.69, 9.17) is 10.2 Å². The molecular formula is C13H22N2O5. The molecule has 0 spiro atoms. The van der Waals surface area contributed by atoms with Crippen molar-refractivity contribution >= 4 is 18.0 Å². The van der Waals surface area contributed by atoms with Crippen LogP contribution in [0.1, 0.15) is 32.6 Å². The van der Waals surface area contributed by atoms with E-state index in [1.807, 2.05) is 6.92 Å². The first kappa shape index (κ1) is 17.9. The normalized spacial score (nSPS) is 11.4. The standard InChI is InChI=1S/C13H22N2O5/c1-3-8-15(9-4-2)13(20)14-10(12(18)19)6-5-7-11(16)17/h3,10H,1,4-9H2,2H3,(H,14,20)(H,16,17)(H,18,19)/t10-/m1/s1. The van der Waals surface area contributed by atoms with E-state index in [1.54, 1.807) is 6.08 Å². The first-order valence-corrected chi connectivity index (χ1v) is 6.53. The lowest BCUT2D eigenvalue weighted by Crippen LogP contribution is -2.48. The molecule has 0 unspecified atom stereocenters. The molecule has 0 aliphatic heterocycles. The lowest BCUT2D eigenvalue weighted by atomic mass is 10.1. The number of carboxylic acid groups (broad SMARTS) is 2. The van der Waals surface area contributed by atoms with Crippen molar-refractivity contribution in [2.45, 2.75) is 38.6 Å². The molecule has 7 nitrogen and oxygen atoms in total. The quantitative estimate of drug-likeness (QED) is 0.525. The highest BCUT2D eigenvalue weighted by atomic mass is 16.4. The van der Waals surface area contributed by atoms with Crippen LogP contribution in [0.25, 0.3) is 0 Å². The van der Waals surface area contributed by atoms with Crippen molar-refractivity contribution in [3.63, 3.8) is 0 Å². The van der Waals surface area contributed by atoms with Crippen molar-refractivity contribution in [3.8, 4) is 0 Å². The molecule has 7 heteroatoms. The molecule has 0 bridgehead atoms. The van der Waals surface area contributed by atoms with Crippen LogP contribution in [-0.4, -0.2) is 52.2 Å². The zero-order chi connectivity index (χ0) is 15.5.